The van der Waals surface area contributed by atoms with Crippen LogP contribution in [0, 0.1) is 12.7 Å². The van der Waals surface area contributed by atoms with E-state index >= 15 is 0 Å². The quantitative estimate of drug-likeness (QED) is 0.669. The van der Waals surface area contributed by atoms with E-state index in [-0.39, 0.29) is 17.8 Å². The molecule has 146 valence electrons. The van der Waals surface area contributed by atoms with Crippen LogP contribution < -0.4 is 10.1 Å². The summed E-state index contributed by atoms with van der Waals surface area (Å²) in [5.74, 6) is 0.477. The molecule has 1 aromatic heterocycles. The fourth-order valence-electron chi connectivity index (χ4n) is 3.17. The standard InChI is InChI=1S/C22H24FN3O2/c1-15(25-22(27)12-7-17-5-4-6-20(13-17)28-3)21-14-24-26(16(21)2)19-10-8-18(23)9-11-19/h4-6,8-11,13-15H,7,12H2,1-3H3,(H,25,27). The molecule has 0 saturated heterocycles. The molecule has 1 N–H and O–H groups in total. The second kappa shape index (κ2) is 8.69. The van der Waals surface area contributed by atoms with Crippen molar-refractivity contribution >= 4 is 5.91 Å². The van der Waals surface area contributed by atoms with E-state index in [2.05, 4.69) is 10.4 Å². The van der Waals surface area contributed by atoms with Crippen LogP contribution in [0.5, 0.6) is 5.75 Å². The second-order valence-corrected chi connectivity index (χ2v) is 6.71. The van der Waals surface area contributed by atoms with Crippen LogP contribution in [0.1, 0.15) is 36.2 Å². The van der Waals surface area contributed by atoms with Crippen LogP contribution in [0.15, 0.2) is 54.7 Å². The van der Waals surface area contributed by atoms with Crippen molar-refractivity contribution in [1.29, 1.82) is 0 Å². The van der Waals surface area contributed by atoms with Crippen LogP contribution >= 0.6 is 0 Å². The fourth-order valence-corrected chi connectivity index (χ4v) is 3.17. The minimum absolute atomic E-state index is 0.0238. The summed E-state index contributed by atoms with van der Waals surface area (Å²) < 4.78 is 20.1. The average molecular weight is 381 g/mol. The molecular formula is C22H24FN3O2. The highest BCUT2D eigenvalue weighted by atomic mass is 19.1. The maximum Gasteiger partial charge on any atom is 0.220 e. The van der Waals surface area contributed by atoms with Crippen LogP contribution in [0.3, 0.4) is 0 Å². The van der Waals surface area contributed by atoms with E-state index in [9.17, 15) is 9.18 Å². The van der Waals surface area contributed by atoms with Crippen molar-refractivity contribution < 1.29 is 13.9 Å². The minimum Gasteiger partial charge on any atom is -0.497 e. The van der Waals surface area contributed by atoms with E-state index in [1.54, 1.807) is 30.1 Å². The summed E-state index contributed by atoms with van der Waals surface area (Å²) in [6, 6.07) is 13.7. The van der Waals surface area contributed by atoms with Crippen molar-refractivity contribution in [3.05, 3.63) is 77.4 Å². The predicted octanol–water partition coefficient (Wildman–Crippen LogP) is 4.14. The first kappa shape index (κ1) is 19.6. The van der Waals surface area contributed by atoms with Crippen molar-refractivity contribution in [3.63, 3.8) is 0 Å². The number of rotatable bonds is 7. The van der Waals surface area contributed by atoms with E-state index in [0.717, 1.165) is 28.3 Å². The zero-order valence-corrected chi connectivity index (χ0v) is 16.3. The van der Waals surface area contributed by atoms with Crippen LogP contribution in [-0.4, -0.2) is 22.8 Å². The fraction of sp³-hybridized carbons (Fsp3) is 0.273. The van der Waals surface area contributed by atoms with Gasteiger partial charge in [-0.3, -0.25) is 4.79 Å². The number of aryl methyl sites for hydroxylation is 1. The number of nitrogens with one attached hydrogen (secondary N) is 1. The Morgan fingerprint density at radius 3 is 2.71 bits per heavy atom. The highest BCUT2D eigenvalue weighted by Crippen LogP contribution is 2.21. The first-order valence-corrected chi connectivity index (χ1v) is 9.20. The maximum atomic E-state index is 13.1. The van der Waals surface area contributed by atoms with Gasteiger partial charge in [-0.2, -0.15) is 5.10 Å². The Hall–Kier alpha value is -3.15. The molecule has 3 aromatic rings. The van der Waals surface area contributed by atoms with Crippen molar-refractivity contribution in [1.82, 2.24) is 15.1 Å². The molecule has 1 atom stereocenters. The summed E-state index contributed by atoms with van der Waals surface area (Å²) in [5.41, 5.74) is 3.68. The van der Waals surface area contributed by atoms with E-state index in [1.165, 1.54) is 12.1 Å². The van der Waals surface area contributed by atoms with Crippen LogP contribution in [-0.2, 0) is 11.2 Å². The van der Waals surface area contributed by atoms with Crippen LogP contribution in [0.2, 0.25) is 0 Å². The Bertz CT molecular complexity index is 951. The summed E-state index contributed by atoms with van der Waals surface area (Å²) >= 11 is 0. The monoisotopic (exact) mass is 381 g/mol. The molecule has 0 saturated carbocycles. The van der Waals surface area contributed by atoms with Gasteiger partial charge in [0.1, 0.15) is 11.6 Å². The molecule has 0 aliphatic heterocycles. The molecule has 0 bridgehead atoms. The molecule has 28 heavy (non-hydrogen) atoms. The molecule has 0 radical (unpaired) electrons. The van der Waals surface area contributed by atoms with E-state index < -0.39 is 0 Å². The first-order chi connectivity index (χ1) is 13.5. The van der Waals surface area contributed by atoms with Gasteiger partial charge in [-0.25, -0.2) is 9.07 Å². The molecule has 1 heterocycles. The molecular weight excluding hydrogens is 357 g/mol. The summed E-state index contributed by atoms with van der Waals surface area (Å²) in [4.78, 5) is 12.4. The van der Waals surface area contributed by atoms with Gasteiger partial charge in [-0.15, -0.1) is 0 Å². The Kier molecular flexibility index (Phi) is 6.09. The summed E-state index contributed by atoms with van der Waals surface area (Å²) in [5, 5.41) is 7.41. The molecule has 0 aliphatic carbocycles. The zero-order chi connectivity index (χ0) is 20.1. The topological polar surface area (TPSA) is 56.1 Å². The average Bonchev–Trinajstić information content (AvgIpc) is 3.08. The smallest absolute Gasteiger partial charge is 0.220 e. The van der Waals surface area contributed by atoms with E-state index in [0.29, 0.717) is 12.8 Å². The predicted molar refractivity (Wildman–Crippen MR) is 106 cm³/mol. The lowest BCUT2D eigenvalue weighted by Gasteiger charge is -2.14. The van der Waals surface area contributed by atoms with Crippen molar-refractivity contribution in [2.24, 2.45) is 0 Å². The zero-order valence-electron chi connectivity index (χ0n) is 16.3. The summed E-state index contributed by atoms with van der Waals surface area (Å²) in [7, 11) is 1.63. The number of benzene rings is 2. The summed E-state index contributed by atoms with van der Waals surface area (Å²) in [6.07, 6.45) is 2.78. The van der Waals surface area contributed by atoms with Gasteiger partial charge in [0.2, 0.25) is 5.91 Å². The van der Waals surface area contributed by atoms with Gasteiger partial charge in [-0.05, 0) is 62.2 Å². The Morgan fingerprint density at radius 2 is 2.00 bits per heavy atom. The van der Waals surface area contributed by atoms with Gasteiger partial charge < -0.3 is 10.1 Å². The van der Waals surface area contributed by atoms with Gasteiger partial charge >= 0.3 is 0 Å². The van der Waals surface area contributed by atoms with Crippen LogP contribution in [0.4, 0.5) is 4.39 Å². The Balaban J connectivity index is 1.62. The molecule has 6 heteroatoms. The maximum absolute atomic E-state index is 13.1. The molecule has 2 aromatic carbocycles. The summed E-state index contributed by atoms with van der Waals surface area (Å²) in [6.45, 7) is 3.87. The molecule has 0 fully saturated rings. The van der Waals surface area contributed by atoms with Gasteiger partial charge in [-0.1, -0.05) is 12.1 Å². The molecule has 1 unspecified atom stereocenters. The van der Waals surface area contributed by atoms with Crippen molar-refractivity contribution in [3.8, 4) is 11.4 Å². The largest absolute Gasteiger partial charge is 0.497 e. The molecule has 5 nitrogen and oxygen atoms in total. The van der Waals surface area contributed by atoms with Gasteiger partial charge in [0.05, 0.1) is 25.0 Å². The number of ether oxygens (including phenoxy) is 1. The van der Waals surface area contributed by atoms with Gasteiger partial charge in [0.25, 0.3) is 0 Å². The lowest BCUT2D eigenvalue weighted by atomic mass is 10.1. The SMILES string of the molecule is COc1cccc(CCC(=O)NC(C)c2cnn(-c3ccc(F)cc3)c2C)c1. The number of hydrogen-bond donors (Lipinski definition) is 1. The highest BCUT2D eigenvalue weighted by molar-refractivity contribution is 5.76. The van der Waals surface area contributed by atoms with Crippen molar-refractivity contribution in [2.45, 2.75) is 32.7 Å². The number of halogens is 1. The third kappa shape index (κ3) is 4.57. The normalized spacial score (nSPS) is 11.9. The number of hydrogen-bond acceptors (Lipinski definition) is 3. The number of carbonyl (C=O) groups excluding carboxylic acids is 1. The second-order valence-electron chi connectivity index (χ2n) is 6.71. The third-order valence-corrected chi connectivity index (χ3v) is 4.74. The van der Waals surface area contributed by atoms with Crippen LogP contribution in [0.25, 0.3) is 5.69 Å². The number of carbonyl (C=O) groups is 1. The van der Waals surface area contributed by atoms with Crippen molar-refractivity contribution in [2.75, 3.05) is 7.11 Å². The highest BCUT2D eigenvalue weighted by Gasteiger charge is 2.16. The minimum atomic E-state index is -0.287. The Morgan fingerprint density at radius 1 is 1.25 bits per heavy atom. The molecule has 1 amide bonds. The van der Waals surface area contributed by atoms with Gasteiger partial charge in [0.15, 0.2) is 0 Å². The van der Waals surface area contributed by atoms with Gasteiger partial charge in [0, 0.05) is 17.7 Å². The first-order valence-electron chi connectivity index (χ1n) is 9.20. The molecule has 0 aliphatic rings. The number of methoxy groups -OCH3 is 1. The lowest BCUT2D eigenvalue weighted by molar-refractivity contribution is -0.121. The number of aromatic nitrogens is 2. The Labute approximate surface area is 164 Å². The third-order valence-electron chi connectivity index (χ3n) is 4.74. The van der Waals surface area contributed by atoms with E-state index in [4.69, 9.17) is 4.74 Å². The van der Waals surface area contributed by atoms with E-state index in [1.807, 2.05) is 38.1 Å². The molecule has 0 spiro atoms. The number of nitrogens with zero attached hydrogens (tertiary/aromatic N) is 2. The lowest BCUT2D eigenvalue weighted by Crippen LogP contribution is -2.27. The molecule has 3 rings (SSSR count). The number of amides is 1.